The van der Waals surface area contributed by atoms with Crippen LogP contribution in [0.5, 0.6) is 5.75 Å². The molecule has 0 saturated heterocycles. The second-order valence-corrected chi connectivity index (χ2v) is 4.79. The average molecular weight is 239 g/mol. The third-order valence-electron chi connectivity index (χ3n) is 3.05. The Hall–Kier alpha value is -1.09. The van der Waals surface area contributed by atoms with Crippen LogP contribution in [0.2, 0.25) is 0 Å². The quantitative estimate of drug-likeness (QED) is 0.851. The summed E-state index contributed by atoms with van der Waals surface area (Å²) in [6.45, 7) is 8.43. The first kappa shape index (κ1) is 14.0. The lowest BCUT2D eigenvalue weighted by Crippen LogP contribution is -2.36. The Labute approximate surface area is 103 Å². The van der Waals surface area contributed by atoms with Crippen LogP contribution in [-0.2, 0) is 0 Å². The lowest BCUT2D eigenvalue weighted by Gasteiger charge is -2.24. The third-order valence-corrected chi connectivity index (χ3v) is 3.05. The first-order valence-electron chi connectivity index (χ1n) is 6.05. The molecule has 0 aromatic heterocycles. The van der Waals surface area contributed by atoms with E-state index in [1.807, 2.05) is 6.07 Å². The summed E-state index contributed by atoms with van der Waals surface area (Å²) < 4.78 is 18.5. The molecule has 3 heteroatoms. The molecule has 0 aliphatic heterocycles. The number of nitrogens with one attached hydrogen (secondary N) is 1. The lowest BCUT2D eigenvalue weighted by atomic mass is 9.94. The van der Waals surface area contributed by atoms with E-state index >= 15 is 0 Å². The van der Waals surface area contributed by atoms with Crippen LogP contribution in [0.3, 0.4) is 0 Å². The van der Waals surface area contributed by atoms with Crippen LogP contribution in [0.4, 0.5) is 4.39 Å². The van der Waals surface area contributed by atoms with Gasteiger partial charge in [-0.2, -0.15) is 0 Å². The molecule has 1 aromatic carbocycles. The number of hydrogen-bond acceptors (Lipinski definition) is 2. The van der Waals surface area contributed by atoms with Gasteiger partial charge < -0.3 is 10.1 Å². The first-order valence-corrected chi connectivity index (χ1v) is 6.05. The Kier molecular flexibility index (Phi) is 4.94. The standard InChI is InChI=1S/C14H22FNO/c1-9(2)16-11(4)10(3)12-6-7-14(17-5)13(15)8-12/h6-11,16H,1-5H3. The molecule has 1 rings (SSSR count). The van der Waals surface area contributed by atoms with E-state index in [9.17, 15) is 4.39 Å². The summed E-state index contributed by atoms with van der Waals surface area (Å²) in [5.74, 6) is 0.261. The summed E-state index contributed by atoms with van der Waals surface area (Å²) in [5, 5.41) is 3.44. The Balaban J connectivity index is 2.82. The minimum atomic E-state index is -0.298. The fourth-order valence-electron chi connectivity index (χ4n) is 1.92. The highest BCUT2D eigenvalue weighted by Gasteiger charge is 2.16. The van der Waals surface area contributed by atoms with E-state index in [0.29, 0.717) is 17.8 Å². The number of hydrogen-bond donors (Lipinski definition) is 1. The predicted octanol–water partition coefficient (Wildman–Crippen LogP) is 3.32. The van der Waals surface area contributed by atoms with Gasteiger partial charge in [-0.15, -0.1) is 0 Å². The van der Waals surface area contributed by atoms with Gasteiger partial charge in [-0.05, 0) is 30.5 Å². The SMILES string of the molecule is COc1ccc(C(C)C(C)NC(C)C)cc1F. The molecule has 17 heavy (non-hydrogen) atoms. The minimum Gasteiger partial charge on any atom is -0.494 e. The van der Waals surface area contributed by atoms with Crippen molar-refractivity contribution < 1.29 is 9.13 Å². The van der Waals surface area contributed by atoms with Crippen molar-refractivity contribution in [2.75, 3.05) is 7.11 Å². The second-order valence-electron chi connectivity index (χ2n) is 4.79. The normalized spacial score (nSPS) is 14.8. The molecule has 0 amide bonds. The zero-order valence-corrected chi connectivity index (χ0v) is 11.3. The summed E-state index contributed by atoms with van der Waals surface area (Å²) in [4.78, 5) is 0. The molecule has 0 spiro atoms. The predicted molar refractivity (Wildman–Crippen MR) is 69.1 cm³/mol. The Bertz CT molecular complexity index is 365. The molecular formula is C14H22FNO. The monoisotopic (exact) mass is 239 g/mol. The number of benzene rings is 1. The lowest BCUT2D eigenvalue weighted by molar-refractivity contribution is 0.384. The van der Waals surface area contributed by atoms with Crippen molar-refractivity contribution in [2.24, 2.45) is 0 Å². The Morgan fingerprint density at radius 2 is 1.82 bits per heavy atom. The van der Waals surface area contributed by atoms with Gasteiger partial charge in [0.05, 0.1) is 7.11 Å². The molecule has 0 aliphatic rings. The molecule has 1 N–H and O–H groups in total. The molecule has 96 valence electrons. The van der Waals surface area contributed by atoms with Crippen molar-refractivity contribution >= 4 is 0 Å². The van der Waals surface area contributed by atoms with Crippen LogP contribution in [0.25, 0.3) is 0 Å². The van der Waals surface area contributed by atoms with Crippen molar-refractivity contribution in [3.8, 4) is 5.75 Å². The fraction of sp³-hybridized carbons (Fsp3) is 0.571. The van der Waals surface area contributed by atoms with E-state index in [-0.39, 0.29) is 11.7 Å². The molecule has 2 nitrogen and oxygen atoms in total. The van der Waals surface area contributed by atoms with E-state index in [1.165, 1.54) is 7.11 Å². The molecule has 0 aliphatic carbocycles. The van der Waals surface area contributed by atoms with Crippen LogP contribution < -0.4 is 10.1 Å². The number of halogens is 1. The van der Waals surface area contributed by atoms with Gasteiger partial charge in [-0.1, -0.05) is 26.8 Å². The van der Waals surface area contributed by atoms with Gasteiger partial charge in [-0.25, -0.2) is 4.39 Å². The smallest absolute Gasteiger partial charge is 0.165 e. The van der Waals surface area contributed by atoms with E-state index in [0.717, 1.165) is 5.56 Å². The van der Waals surface area contributed by atoms with Crippen LogP contribution in [0.15, 0.2) is 18.2 Å². The van der Waals surface area contributed by atoms with Crippen molar-refractivity contribution in [2.45, 2.75) is 45.7 Å². The highest BCUT2D eigenvalue weighted by molar-refractivity contribution is 5.31. The van der Waals surface area contributed by atoms with Gasteiger partial charge in [0.2, 0.25) is 0 Å². The van der Waals surface area contributed by atoms with Gasteiger partial charge in [0.1, 0.15) is 0 Å². The van der Waals surface area contributed by atoms with Gasteiger partial charge in [0.15, 0.2) is 11.6 Å². The first-order chi connectivity index (χ1) is 7.95. The highest BCUT2D eigenvalue weighted by Crippen LogP contribution is 2.25. The molecule has 0 heterocycles. The maximum atomic E-state index is 13.6. The van der Waals surface area contributed by atoms with Crippen molar-refractivity contribution in [1.29, 1.82) is 0 Å². The van der Waals surface area contributed by atoms with Crippen LogP contribution in [0, 0.1) is 5.82 Å². The summed E-state index contributed by atoms with van der Waals surface area (Å²) in [5.41, 5.74) is 0.990. The van der Waals surface area contributed by atoms with Crippen LogP contribution in [-0.4, -0.2) is 19.2 Å². The maximum Gasteiger partial charge on any atom is 0.165 e. The van der Waals surface area contributed by atoms with Crippen molar-refractivity contribution in [3.63, 3.8) is 0 Å². The van der Waals surface area contributed by atoms with Crippen LogP contribution >= 0.6 is 0 Å². The minimum absolute atomic E-state index is 0.262. The number of methoxy groups -OCH3 is 1. The maximum absolute atomic E-state index is 13.6. The largest absolute Gasteiger partial charge is 0.494 e. The second kappa shape index (κ2) is 6.01. The van der Waals surface area contributed by atoms with E-state index in [4.69, 9.17) is 4.74 Å². The summed E-state index contributed by atoms with van der Waals surface area (Å²) in [6.07, 6.45) is 0. The van der Waals surface area contributed by atoms with Crippen molar-refractivity contribution in [3.05, 3.63) is 29.6 Å². The number of ether oxygens (including phenoxy) is 1. The molecule has 0 saturated carbocycles. The highest BCUT2D eigenvalue weighted by atomic mass is 19.1. The fourth-order valence-corrected chi connectivity index (χ4v) is 1.92. The molecule has 2 unspecified atom stereocenters. The van der Waals surface area contributed by atoms with E-state index in [1.54, 1.807) is 12.1 Å². The zero-order chi connectivity index (χ0) is 13.0. The molecular weight excluding hydrogens is 217 g/mol. The molecule has 2 atom stereocenters. The zero-order valence-electron chi connectivity index (χ0n) is 11.3. The van der Waals surface area contributed by atoms with Gasteiger partial charge in [0.25, 0.3) is 0 Å². The Morgan fingerprint density at radius 1 is 1.18 bits per heavy atom. The van der Waals surface area contributed by atoms with E-state index < -0.39 is 0 Å². The summed E-state index contributed by atoms with van der Waals surface area (Å²) in [6, 6.07) is 5.90. The summed E-state index contributed by atoms with van der Waals surface area (Å²) >= 11 is 0. The topological polar surface area (TPSA) is 21.3 Å². The molecule has 0 bridgehead atoms. The molecule has 0 radical (unpaired) electrons. The van der Waals surface area contributed by atoms with E-state index in [2.05, 4.69) is 33.0 Å². The van der Waals surface area contributed by atoms with Gasteiger partial charge in [-0.3, -0.25) is 0 Å². The molecule has 1 aromatic rings. The van der Waals surface area contributed by atoms with Gasteiger partial charge >= 0.3 is 0 Å². The average Bonchev–Trinajstić information content (AvgIpc) is 2.27. The summed E-state index contributed by atoms with van der Waals surface area (Å²) in [7, 11) is 1.48. The number of rotatable bonds is 5. The third kappa shape index (κ3) is 3.70. The Morgan fingerprint density at radius 3 is 2.29 bits per heavy atom. The van der Waals surface area contributed by atoms with Crippen LogP contribution in [0.1, 0.15) is 39.2 Å². The van der Waals surface area contributed by atoms with Gasteiger partial charge in [0, 0.05) is 12.1 Å². The van der Waals surface area contributed by atoms with Crippen molar-refractivity contribution in [1.82, 2.24) is 5.32 Å². The molecule has 0 fully saturated rings.